The molecule has 0 bridgehead atoms. The summed E-state index contributed by atoms with van der Waals surface area (Å²) in [4.78, 5) is 7.50. The van der Waals surface area contributed by atoms with Crippen LogP contribution in [0.5, 0.6) is 11.6 Å². The molecule has 1 N–H and O–H groups in total. The van der Waals surface area contributed by atoms with Gasteiger partial charge in [-0.25, -0.2) is 4.98 Å². The van der Waals surface area contributed by atoms with Crippen molar-refractivity contribution < 1.29 is 22.6 Å². The van der Waals surface area contributed by atoms with Crippen molar-refractivity contribution in [2.75, 3.05) is 11.9 Å². The molecule has 0 aliphatic carbocycles. The molecule has 1 aromatic carbocycles. The fraction of sp³-hybridized carbons (Fsp3) is 0.375. The summed E-state index contributed by atoms with van der Waals surface area (Å²) < 4.78 is 49.1. The van der Waals surface area contributed by atoms with Gasteiger partial charge in [-0.05, 0) is 45.0 Å². The summed E-state index contributed by atoms with van der Waals surface area (Å²) in [6.07, 6.45) is -3.81. The molecule has 0 radical (unpaired) electrons. The van der Waals surface area contributed by atoms with E-state index in [0.717, 1.165) is 0 Å². The number of rotatable bonds is 6. The van der Waals surface area contributed by atoms with Crippen LogP contribution in [0, 0.1) is 0 Å². The first-order valence-corrected chi connectivity index (χ1v) is 7.40. The number of halogens is 3. The van der Waals surface area contributed by atoms with E-state index in [1.165, 1.54) is 0 Å². The third-order valence-corrected chi connectivity index (χ3v) is 2.82. The van der Waals surface area contributed by atoms with Gasteiger partial charge < -0.3 is 14.8 Å². The summed E-state index contributed by atoms with van der Waals surface area (Å²) in [6, 6.07) is 6.93. The Morgan fingerprint density at radius 3 is 2.38 bits per heavy atom. The quantitative estimate of drug-likeness (QED) is 0.843. The Balaban J connectivity index is 2.19. The van der Waals surface area contributed by atoms with Crippen LogP contribution in [0.15, 0.2) is 30.5 Å². The van der Waals surface area contributed by atoms with Crippen molar-refractivity contribution in [3.63, 3.8) is 0 Å². The van der Waals surface area contributed by atoms with E-state index in [-0.39, 0.29) is 18.7 Å². The second kappa shape index (κ2) is 7.37. The van der Waals surface area contributed by atoms with Gasteiger partial charge >= 0.3 is 6.18 Å². The Hall–Kier alpha value is -2.51. The molecule has 0 unspecified atom stereocenters. The standard InChI is InChI=1S/C16H18F3N3O2/c1-4-23-14-13(16(17,18)19)9-20-15(22-14)21-11-5-7-12(8-6-11)24-10(2)3/h5-10H,4H2,1-3H3,(H,20,21,22). The molecule has 0 aliphatic heterocycles. The zero-order chi connectivity index (χ0) is 17.7. The van der Waals surface area contributed by atoms with E-state index in [1.54, 1.807) is 31.2 Å². The first-order valence-electron chi connectivity index (χ1n) is 7.40. The van der Waals surface area contributed by atoms with Crippen LogP contribution in [-0.4, -0.2) is 22.7 Å². The van der Waals surface area contributed by atoms with E-state index in [9.17, 15) is 13.2 Å². The Morgan fingerprint density at radius 1 is 1.17 bits per heavy atom. The van der Waals surface area contributed by atoms with E-state index < -0.39 is 17.6 Å². The molecular formula is C16H18F3N3O2. The molecule has 0 saturated carbocycles. The smallest absolute Gasteiger partial charge is 0.423 e. The average Bonchev–Trinajstić information content (AvgIpc) is 2.48. The van der Waals surface area contributed by atoms with Crippen molar-refractivity contribution >= 4 is 11.6 Å². The molecule has 24 heavy (non-hydrogen) atoms. The Labute approximate surface area is 137 Å². The molecule has 0 spiro atoms. The number of nitrogens with one attached hydrogen (secondary N) is 1. The highest BCUT2D eigenvalue weighted by atomic mass is 19.4. The maximum absolute atomic E-state index is 12.9. The number of anilines is 2. The van der Waals surface area contributed by atoms with Gasteiger partial charge in [0.05, 0.1) is 12.7 Å². The van der Waals surface area contributed by atoms with Crippen LogP contribution in [0.4, 0.5) is 24.8 Å². The van der Waals surface area contributed by atoms with Crippen molar-refractivity contribution in [2.45, 2.75) is 33.1 Å². The van der Waals surface area contributed by atoms with E-state index in [0.29, 0.717) is 17.6 Å². The lowest BCUT2D eigenvalue weighted by Crippen LogP contribution is -2.12. The Morgan fingerprint density at radius 2 is 1.83 bits per heavy atom. The van der Waals surface area contributed by atoms with Crippen molar-refractivity contribution in [1.82, 2.24) is 9.97 Å². The lowest BCUT2D eigenvalue weighted by Gasteiger charge is -2.13. The number of alkyl halides is 3. The van der Waals surface area contributed by atoms with Crippen LogP contribution in [-0.2, 0) is 6.18 Å². The maximum atomic E-state index is 12.9. The Kier molecular flexibility index (Phi) is 5.48. The van der Waals surface area contributed by atoms with E-state index >= 15 is 0 Å². The number of nitrogens with zero attached hydrogens (tertiary/aromatic N) is 2. The van der Waals surface area contributed by atoms with Gasteiger partial charge in [0.25, 0.3) is 0 Å². The predicted molar refractivity (Wildman–Crippen MR) is 83.7 cm³/mol. The van der Waals surface area contributed by atoms with Gasteiger partial charge in [0.1, 0.15) is 11.3 Å². The molecule has 0 amide bonds. The molecule has 1 heterocycles. The zero-order valence-corrected chi connectivity index (χ0v) is 13.5. The molecule has 5 nitrogen and oxygen atoms in total. The molecule has 0 saturated heterocycles. The van der Waals surface area contributed by atoms with Gasteiger partial charge in [0, 0.05) is 11.9 Å². The molecule has 1 aromatic heterocycles. The van der Waals surface area contributed by atoms with Gasteiger partial charge in [-0.15, -0.1) is 0 Å². The minimum absolute atomic E-state index is 0.0176. The van der Waals surface area contributed by atoms with Crippen LogP contribution >= 0.6 is 0 Å². The van der Waals surface area contributed by atoms with Gasteiger partial charge in [-0.3, -0.25) is 0 Å². The lowest BCUT2D eigenvalue weighted by atomic mass is 10.3. The summed E-state index contributed by atoms with van der Waals surface area (Å²) in [5, 5.41) is 2.84. The number of aromatic nitrogens is 2. The van der Waals surface area contributed by atoms with Crippen molar-refractivity contribution in [3.8, 4) is 11.6 Å². The molecule has 2 rings (SSSR count). The highest BCUT2D eigenvalue weighted by molar-refractivity contribution is 5.55. The second-order valence-electron chi connectivity index (χ2n) is 5.16. The summed E-state index contributed by atoms with van der Waals surface area (Å²) in [5.41, 5.74) is -0.385. The van der Waals surface area contributed by atoms with Crippen LogP contribution in [0.2, 0.25) is 0 Å². The van der Waals surface area contributed by atoms with E-state index in [2.05, 4.69) is 15.3 Å². The number of benzene rings is 1. The predicted octanol–water partition coefficient (Wildman–Crippen LogP) is 4.42. The first-order chi connectivity index (χ1) is 11.3. The minimum atomic E-state index is -4.57. The summed E-state index contributed by atoms with van der Waals surface area (Å²) in [7, 11) is 0. The third-order valence-electron chi connectivity index (χ3n) is 2.82. The molecule has 2 aromatic rings. The van der Waals surface area contributed by atoms with E-state index in [1.807, 2.05) is 13.8 Å². The highest BCUT2D eigenvalue weighted by Gasteiger charge is 2.36. The van der Waals surface area contributed by atoms with Gasteiger partial charge in [-0.1, -0.05) is 0 Å². The van der Waals surface area contributed by atoms with Crippen LogP contribution in [0.25, 0.3) is 0 Å². The average molecular weight is 341 g/mol. The van der Waals surface area contributed by atoms with Gasteiger partial charge in [-0.2, -0.15) is 18.2 Å². The highest BCUT2D eigenvalue weighted by Crippen LogP contribution is 2.35. The zero-order valence-electron chi connectivity index (χ0n) is 13.5. The number of ether oxygens (including phenoxy) is 2. The van der Waals surface area contributed by atoms with E-state index in [4.69, 9.17) is 9.47 Å². The number of hydrogen-bond acceptors (Lipinski definition) is 5. The molecule has 130 valence electrons. The Bertz CT molecular complexity index is 673. The lowest BCUT2D eigenvalue weighted by molar-refractivity contribution is -0.139. The monoisotopic (exact) mass is 341 g/mol. The van der Waals surface area contributed by atoms with Gasteiger partial charge in [0.15, 0.2) is 0 Å². The maximum Gasteiger partial charge on any atom is 0.423 e. The third kappa shape index (κ3) is 4.74. The second-order valence-corrected chi connectivity index (χ2v) is 5.16. The molecule has 0 atom stereocenters. The van der Waals surface area contributed by atoms with Gasteiger partial charge in [0.2, 0.25) is 11.8 Å². The van der Waals surface area contributed by atoms with Crippen LogP contribution < -0.4 is 14.8 Å². The number of hydrogen-bond donors (Lipinski definition) is 1. The molecule has 0 fully saturated rings. The van der Waals surface area contributed by atoms with Crippen molar-refractivity contribution in [2.24, 2.45) is 0 Å². The minimum Gasteiger partial charge on any atom is -0.491 e. The first kappa shape index (κ1) is 17.8. The fourth-order valence-electron chi connectivity index (χ4n) is 1.89. The molecule has 8 heteroatoms. The SMILES string of the molecule is CCOc1nc(Nc2ccc(OC(C)C)cc2)ncc1C(F)(F)F. The normalized spacial score (nSPS) is 11.5. The van der Waals surface area contributed by atoms with Crippen LogP contribution in [0.1, 0.15) is 26.3 Å². The van der Waals surface area contributed by atoms with Crippen molar-refractivity contribution in [1.29, 1.82) is 0 Å². The fourth-order valence-corrected chi connectivity index (χ4v) is 1.89. The summed E-state index contributed by atoms with van der Waals surface area (Å²) in [6.45, 7) is 5.48. The molecule has 0 aliphatic rings. The largest absolute Gasteiger partial charge is 0.491 e. The summed E-state index contributed by atoms with van der Waals surface area (Å²) in [5.74, 6) is 0.213. The topological polar surface area (TPSA) is 56.3 Å². The van der Waals surface area contributed by atoms with Crippen molar-refractivity contribution in [3.05, 3.63) is 36.0 Å². The van der Waals surface area contributed by atoms with Crippen LogP contribution in [0.3, 0.4) is 0 Å². The molecular weight excluding hydrogens is 323 g/mol. The summed E-state index contributed by atoms with van der Waals surface area (Å²) >= 11 is 0.